The van der Waals surface area contributed by atoms with E-state index in [1.165, 1.54) is 0 Å². The second-order valence-electron chi connectivity index (χ2n) is 28.7. The molecule has 51 nitrogen and oxygen atoms in total. The van der Waals surface area contributed by atoms with E-state index in [-0.39, 0.29) is 0 Å². The van der Waals surface area contributed by atoms with Crippen LogP contribution in [-0.2, 0) is 99.8 Å². The molecule has 8 heterocycles. The molecule has 8 saturated heterocycles. The van der Waals surface area contributed by atoms with Gasteiger partial charge < -0.3 is 230 Å². The van der Waals surface area contributed by atoms with Crippen molar-refractivity contribution < 1.29 is 227 Å². The van der Waals surface area contributed by atoms with E-state index >= 15 is 0 Å². The quantitative estimate of drug-likeness (QED) is 0.0284. The van der Waals surface area contributed by atoms with Gasteiger partial charge in [0.05, 0.1) is 72.1 Å². The predicted octanol–water partition coefficient (Wildman–Crippen LogP) is -20.3. The summed E-state index contributed by atoms with van der Waals surface area (Å²) in [6.45, 7) is -6.99. The topological polar surface area (TPSA) is 799 Å². The average Bonchev–Trinajstić information content (AvgIpc) is 0.757. The number of rotatable bonds is 34. The zero-order chi connectivity index (χ0) is 85.2. The van der Waals surface area contributed by atoms with Gasteiger partial charge in [-0.05, 0) is 0 Å². The van der Waals surface area contributed by atoms with Crippen molar-refractivity contribution >= 4 is 29.5 Å². The largest absolute Gasteiger partial charge is 0.394 e. The van der Waals surface area contributed by atoms with Crippen LogP contribution in [0.3, 0.4) is 0 Å². The van der Waals surface area contributed by atoms with Gasteiger partial charge in [-0.1, -0.05) is 0 Å². The summed E-state index contributed by atoms with van der Waals surface area (Å²) < 4.78 is 97.6. The van der Waals surface area contributed by atoms with E-state index < -0.39 is 365 Å². The van der Waals surface area contributed by atoms with Crippen LogP contribution < -0.4 is 26.6 Å². The highest BCUT2D eigenvalue weighted by molar-refractivity contribution is 5.75. The van der Waals surface area contributed by atoms with Crippen LogP contribution in [0.25, 0.3) is 0 Å². The predicted molar refractivity (Wildman–Crippen MR) is 357 cm³/mol. The van der Waals surface area contributed by atoms with Gasteiger partial charge in [0.15, 0.2) is 50.3 Å². The Labute approximate surface area is 652 Å². The van der Waals surface area contributed by atoms with Gasteiger partial charge in [-0.2, -0.15) is 0 Å². The van der Waals surface area contributed by atoms with Crippen molar-refractivity contribution in [1.29, 1.82) is 0 Å². The molecule has 44 atom stereocenters. The summed E-state index contributed by atoms with van der Waals surface area (Å²) in [6, 6.07) is -9.67. The summed E-state index contributed by atoms with van der Waals surface area (Å²) >= 11 is 0. The molecule has 8 rings (SSSR count). The van der Waals surface area contributed by atoms with Crippen LogP contribution in [0.5, 0.6) is 0 Å². The van der Waals surface area contributed by atoms with Crippen LogP contribution in [0.2, 0.25) is 0 Å². The Hall–Kier alpha value is -4.29. The van der Waals surface area contributed by atoms with Crippen LogP contribution in [0.15, 0.2) is 0 Å². The zero-order valence-electron chi connectivity index (χ0n) is 62.2. The molecule has 0 aromatic heterocycles. The third-order valence-electron chi connectivity index (χ3n) is 20.4. The van der Waals surface area contributed by atoms with Gasteiger partial charge >= 0.3 is 0 Å². The Bertz CT molecular complexity index is 3040. The van der Waals surface area contributed by atoms with Crippen molar-refractivity contribution in [3.63, 3.8) is 0 Å². The highest BCUT2D eigenvalue weighted by Gasteiger charge is 2.62. The molecule has 0 radical (unpaired) electrons. The molecule has 8 aliphatic rings. The van der Waals surface area contributed by atoms with Gasteiger partial charge in [0, 0.05) is 34.6 Å². The molecule has 0 aromatic rings. The Morgan fingerprint density at radius 2 is 0.609 bits per heavy atom. The number of hydrogen-bond donors (Lipinski definition) is 30. The Kier molecular flexibility index (Phi) is 35.9. The second-order valence-corrected chi connectivity index (χ2v) is 28.7. The summed E-state index contributed by atoms with van der Waals surface area (Å²) in [7, 11) is 0. The summed E-state index contributed by atoms with van der Waals surface area (Å²) in [5.74, 6) is -4.77. The lowest BCUT2D eigenvalue weighted by atomic mass is 9.93. The molecule has 0 aromatic carbocycles. The van der Waals surface area contributed by atoms with Gasteiger partial charge in [0.25, 0.3) is 0 Å². The fraction of sp³-hybridized carbons (Fsp3) is 0.922. The Morgan fingerprint density at radius 1 is 0.296 bits per heavy atom. The fourth-order valence-electron chi connectivity index (χ4n) is 14.5. The molecule has 30 N–H and O–H groups in total. The molecule has 666 valence electrons. The lowest BCUT2D eigenvalue weighted by molar-refractivity contribution is -0.412. The van der Waals surface area contributed by atoms with Crippen molar-refractivity contribution in [1.82, 2.24) is 26.6 Å². The van der Waals surface area contributed by atoms with E-state index in [4.69, 9.17) is 75.8 Å². The van der Waals surface area contributed by atoms with E-state index in [1.54, 1.807) is 0 Å². The van der Waals surface area contributed by atoms with Crippen molar-refractivity contribution in [2.45, 2.75) is 304 Å². The first-order valence-corrected chi connectivity index (χ1v) is 36.5. The molecule has 0 aliphatic carbocycles. The number of ether oxygens (including phenoxy) is 16. The van der Waals surface area contributed by atoms with E-state index in [2.05, 4.69) is 26.6 Å². The summed E-state index contributed by atoms with van der Waals surface area (Å²) in [5, 5.41) is 290. The third kappa shape index (κ3) is 22.3. The highest BCUT2D eigenvalue weighted by atomic mass is 16.8. The second kappa shape index (κ2) is 43.0. The average molecular weight is 1680 g/mol. The standard InChI is InChI=1S/C64H109N5O46/c1-16(79)65-21(6-70)35(85)50(22(84)7-71)109-59-33(68-19(4)82)42(92)52(28(13-77)105-59)112-63-49(99)55(54(113-57-31(66-17(2)80)40(90)36(86)23(8-72)101-57)30(108-63)15-100-61-46(96)44(94)38(88)25(10-74)103-61)114-64-56(115-58-32(67-18(3)81)41(91)37(87)24(9-73)102-58)48(98)53(29(14-78)107-64)110-60-34(69-20(5)83)43(93)51(27(12-76)106-60)111-62-47(97)45(95)39(89)26(11-75)104-62/h21-64,70-78,84-99H,6-15H2,1-5H3,(H,65,79)(H,66,80)(H,67,81)(H,68,82)(H,69,83)/t21-,22+,23+,24+,25+,26+,27+,28+,29+,30+,31+,32+,33+,34+,35+,36+,37+,38+,39-,40+,41+,42+,43+,44-,45-,46-,47+,48-,49-,50+,51+,52+,53+,54+,55+,56-,57-,58-,59-,60-,61-,62-,63-,64+/m0/s1. The maximum absolute atomic E-state index is 13.3. The van der Waals surface area contributed by atoms with Crippen molar-refractivity contribution in [3.05, 3.63) is 0 Å². The molecule has 0 saturated carbocycles. The van der Waals surface area contributed by atoms with Crippen LogP contribution in [0.1, 0.15) is 34.6 Å². The minimum atomic E-state index is -2.75. The van der Waals surface area contributed by atoms with Gasteiger partial charge in [0.1, 0.15) is 213 Å². The minimum Gasteiger partial charge on any atom is -0.394 e. The molecule has 0 bridgehead atoms. The first kappa shape index (κ1) is 96.2. The van der Waals surface area contributed by atoms with E-state index in [0.717, 1.165) is 34.6 Å². The lowest BCUT2D eigenvalue weighted by Crippen LogP contribution is -2.72. The molecule has 0 spiro atoms. The molecule has 51 heteroatoms. The number of aliphatic hydroxyl groups excluding tert-OH is 25. The molecular formula is C64H109N5O46. The van der Waals surface area contributed by atoms with Gasteiger partial charge in [0.2, 0.25) is 29.5 Å². The maximum atomic E-state index is 13.3. The molecule has 8 fully saturated rings. The first-order valence-electron chi connectivity index (χ1n) is 36.5. The van der Waals surface area contributed by atoms with E-state index in [0.29, 0.717) is 0 Å². The highest BCUT2D eigenvalue weighted by Crippen LogP contribution is 2.41. The number of hydrogen-bond acceptors (Lipinski definition) is 46. The van der Waals surface area contributed by atoms with Crippen LogP contribution in [0, 0.1) is 0 Å². The summed E-state index contributed by atoms with van der Waals surface area (Å²) in [6.07, 6.45) is -85.3. The first-order chi connectivity index (χ1) is 54.4. The molecular weight excluding hydrogens is 1570 g/mol. The summed E-state index contributed by atoms with van der Waals surface area (Å²) in [4.78, 5) is 64.3. The van der Waals surface area contributed by atoms with Crippen LogP contribution >= 0.6 is 0 Å². The fourth-order valence-corrected chi connectivity index (χ4v) is 14.5. The zero-order valence-corrected chi connectivity index (χ0v) is 62.2. The normalized spacial score (nSPS) is 45.0. The minimum absolute atomic E-state index is 0.827. The monoisotopic (exact) mass is 1680 g/mol. The van der Waals surface area contributed by atoms with E-state index in [9.17, 15) is 152 Å². The third-order valence-corrected chi connectivity index (χ3v) is 20.4. The molecule has 8 aliphatic heterocycles. The van der Waals surface area contributed by atoms with Gasteiger partial charge in [-0.25, -0.2) is 0 Å². The molecule has 5 amide bonds. The smallest absolute Gasteiger partial charge is 0.217 e. The number of amides is 5. The van der Waals surface area contributed by atoms with Crippen molar-refractivity contribution in [2.75, 3.05) is 66.1 Å². The molecule has 0 unspecified atom stereocenters. The lowest BCUT2D eigenvalue weighted by Gasteiger charge is -2.53. The number of carbonyl (C=O) groups is 5. The van der Waals surface area contributed by atoms with Gasteiger partial charge in [-0.3, -0.25) is 24.0 Å². The number of carbonyl (C=O) groups excluding carboxylic acids is 5. The summed E-state index contributed by atoms with van der Waals surface area (Å²) in [5.41, 5.74) is 0. The van der Waals surface area contributed by atoms with Crippen LogP contribution in [0.4, 0.5) is 0 Å². The number of aliphatic hydroxyl groups is 25. The van der Waals surface area contributed by atoms with Crippen molar-refractivity contribution in [2.24, 2.45) is 0 Å². The Morgan fingerprint density at radius 3 is 1.02 bits per heavy atom. The molecule has 115 heavy (non-hydrogen) atoms. The maximum Gasteiger partial charge on any atom is 0.217 e. The SMILES string of the molecule is CC(=O)N[C@H]1[C@H](O[C@@H]([C@H](O)[C@H](CO)NC(C)=O)[C@H](O)CO)O[C@H](CO)[C@@H](O[C@@H]2O[C@H](CO[C@H]3O[C@H](CO)[C@@H](O)[C@H](O)[C@@H]3O)[C@@H](O[C@@H]3O[C@H](CO)[C@@H](O)[C@H](O)[C@H]3NC(C)=O)[C@H](O[C@H]3O[C@H](CO)[C@@H](O[C@@H]4O[C@H](CO)[C@@H](O[C@@H]5O[C@H](CO)[C@H](O)[C@H](O)[C@H]5O)[C@H](O)[C@H]4NC(C)=O)[C@H](O)[C@@H]3O[C@@H]3O[C@H](CO)[C@@H](O)[C@H](O)[C@H]3NC(C)=O)[C@@H]2O)[C@@H]1O. The number of nitrogens with one attached hydrogen (secondary N) is 5. The Balaban J connectivity index is 1.28. The van der Waals surface area contributed by atoms with Crippen LogP contribution in [-0.4, -0.2) is 493 Å². The van der Waals surface area contributed by atoms with Crippen molar-refractivity contribution in [3.8, 4) is 0 Å². The van der Waals surface area contributed by atoms with Gasteiger partial charge in [-0.15, -0.1) is 0 Å². The van der Waals surface area contributed by atoms with E-state index in [1.807, 2.05) is 0 Å².